The van der Waals surface area contributed by atoms with E-state index in [0.717, 1.165) is 32.1 Å². The molecule has 1 amide bonds. The predicted octanol–water partition coefficient (Wildman–Crippen LogP) is 6.95. The Morgan fingerprint density at radius 2 is 1.07 bits per heavy atom. The number of unbranched alkanes of at least 4 members (excludes halogenated alkanes) is 17. The highest BCUT2D eigenvalue weighted by atomic mass is 16.5. The third kappa shape index (κ3) is 32.7. The molecule has 0 aliphatic rings. The van der Waals surface area contributed by atoms with E-state index in [4.69, 9.17) is 14.6 Å². The molecule has 0 aromatic heterocycles. The maximum Gasteiger partial charge on any atom is 0.326 e. The zero-order chi connectivity index (χ0) is 33.4. The van der Waals surface area contributed by atoms with Gasteiger partial charge in [-0.15, -0.1) is 0 Å². The molecule has 0 aromatic rings. The van der Waals surface area contributed by atoms with E-state index in [0.29, 0.717) is 38.5 Å². The largest absolute Gasteiger partial charge is 0.481 e. The van der Waals surface area contributed by atoms with Crippen LogP contribution >= 0.6 is 0 Å². The van der Waals surface area contributed by atoms with Crippen LogP contribution in [-0.2, 0) is 28.7 Å². The summed E-state index contributed by atoms with van der Waals surface area (Å²) in [6.07, 6.45) is 23.2. The Morgan fingerprint density at radius 1 is 0.622 bits per heavy atom. The minimum absolute atomic E-state index is 0.0432. The molecule has 0 aliphatic heterocycles. The molecule has 1 unspecified atom stereocenters. The van der Waals surface area contributed by atoms with Crippen LogP contribution < -0.4 is 10.6 Å². The number of aliphatic carboxylic acids is 2. The fourth-order valence-corrected chi connectivity index (χ4v) is 5.08. The van der Waals surface area contributed by atoms with Crippen LogP contribution in [-0.4, -0.2) is 72.9 Å². The van der Waals surface area contributed by atoms with Gasteiger partial charge in [-0.05, 0) is 32.6 Å². The number of hydrogen-bond donors (Lipinski definition) is 4. The summed E-state index contributed by atoms with van der Waals surface area (Å²) in [6, 6.07) is -0.842. The zero-order valence-corrected chi connectivity index (χ0v) is 28.2. The van der Waals surface area contributed by atoms with Crippen molar-refractivity contribution in [2.45, 2.75) is 154 Å². The number of carbonyl (C=O) groups is 4. The van der Waals surface area contributed by atoms with E-state index in [1.165, 1.54) is 96.8 Å². The van der Waals surface area contributed by atoms with Crippen molar-refractivity contribution in [1.82, 2.24) is 10.6 Å². The van der Waals surface area contributed by atoms with Crippen molar-refractivity contribution < 1.29 is 38.9 Å². The van der Waals surface area contributed by atoms with Crippen molar-refractivity contribution in [2.75, 3.05) is 33.0 Å². The van der Waals surface area contributed by atoms with Crippen LogP contribution in [0, 0.1) is 0 Å². The van der Waals surface area contributed by atoms with Gasteiger partial charge in [-0.25, -0.2) is 4.79 Å². The second-order valence-corrected chi connectivity index (χ2v) is 12.2. The lowest BCUT2D eigenvalue weighted by Crippen LogP contribution is -2.37. The highest BCUT2D eigenvalue weighted by Gasteiger charge is 2.19. The Kier molecular flexibility index (Phi) is 29.8. The van der Waals surface area contributed by atoms with Gasteiger partial charge >= 0.3 is 11.9 Å². The van der Waals surface area contributed by atoms with Gasteiger partial charge in [0.1, 0.15) is 12.6 Å². The summed E-state index contributed by atoms with van der Waals surface area (Å²) in [5, 5.41) is 23.9. The molecule has 0 heterocycles. The van der Waals surface area contributed by atoms with Crippen LogP contribution in [0.15, 0.2) is 12.3 Å². The topological polar surface area (TPSA) is 151 Å². The first-order valence-corrected chi connectivity index (χ1v) is 17.5. The second kappa shape index (κ2) is 31.5. The lowest BCUT2D eigenvalue weighted by Gasteiger charge is -2.17. The minimum Gasteiger partial charge on any atom is -0.481 e. The van der Waals surface area contributed by atoms with Gasteiger partial charge in [0.15, 0.2) is 5.78 Å². The Labute approximate surface area is 272 Å². The van der Waals surface area contributed by atoms with Crippen LogP contribution in [0.1, 0.15) is 148 Å². The molecule has 45 heavy (non-hydrogen) atoms. The van der Waals surface area contributed by atoms with Gasteiger partial charge in [-0.1, -0.05) is 109 Å². The number of amides is 1. The van der Waals surface area contributed by atoms with Crippen molar-refractivity contribution in [3.05, 3.63) is 12.3 Å². The highest BCUT2D eigenvalue weighted by Crippen LogP contribution is 2.15. The van der Waals surface area contributed by atoms with Gasteiger partial charge in [-0.3, -0.25) is 14.4 Å². The first kappa shape index (κ1) is 42.5. The lowest BCUT2D eigenvalue weighted by molar-refractivity contribution is -0.140. The summed E-state index contributed by atoms with van der Waals surface area (Å²) in [7, 11) is 0. The summed E-state index contributed by atoms with van der Waals surface area (Å²) in [4.78, 5) is 45.0. The number of ether oxygens (including phenoxy) is 2. The molecule has 10 nitrogen and oxygen atoms in total. The van der Waals surface area contributed by atoms with Gasteiger partial charge in [0.25, 0.3) is 0 Å². The Bertz CT molecular complexity index is 790. The summed E-state index contributed by atoms with van der Waals surface area (Å²) >= 11 is 0. The predicted molar refractivity (Wildman–Crippen MR) is 178 cm³/mol. The number of nitrogens with one attached hydrogen (secondary N) is 2. The van der Waals surface area contributed by atoms with Gasteiger partial charge in [0.2, 0.25) is 5.91 Å². The second-order valence-electron chi connectivity index (χ2n) is 12.2. The van der Waals surface area contributed by atoms with E-state index < -0.39 is 18.0 Å². The molecule has 0 aromatic carbocycles. The lowest BCUT2D eigenvalue weighted by atomic mass is 10.0. The summed E-state index contributed by atoms with van der Waals surface area (Å²) < 4.78 is 10.4. The van der Waals surface area contributed by atoms with Crippen molar-refractivity contribution in [3.8, 4) is 0 Å². The quantitative estimate of drug-likeness (QED) is 0.0540. The Hall–Kier alpha value is -2.46. The first-order valence-electron chi connectivity index (χ1n) is 17.5. The van der Waals surface area contributed by atoms with Crippen LogP contribution in [0.3, 0.4) is 0 Å². The average molecular weight is 641 g/mol. The smallest absolute Gasteiger partial charge is 0.326 e. The monoisotopic (exact) mass is 640 g/mol. The minimum atomic E-state index is -0.990. The standard InChI is InChI=1S/C35H64N2O8/c1-30(37-32(35(42)43)23-24-33(39)36-25-26-44-27-28-45-29-31(2)38)21-19-17-15-13-11-9-7-5-3-4-6-8-10-12-14-16-18-20-22-34(40)41/h32,37H,1,3-29H2,2H3,(H,36,39)(H,40,41)(H,42,43). The van der Waals surface area contributed by atoms with E-state index in [-0.39, 0.29) is 31.1 Å². The van der Waals surface area contributed by atoms with E-state index in [9.17, 15) is 24.3 Å². The molecule has 1 atom stereocenters. The number of carboxylic acids is 2. The van der Waals surface area contributed by atoms with Gasteiger partial charge in [0.05, 0.1) is 19.8 Å². The zero-order valence-electron chi connectivity index (χ0n) is 28.2. The fraction of sp³-hybridized carbons (Fsp3) is 0.829. The number of carbonyl (C=O) groups excluding carboxylic acids is 2. The summed E-state index contributed by atoms with van der Waals surface area (Å²) in [5.74, 6) is -1.94. The number of Topliss-reactive ketones (excluding diaryl/α,β-unsaturated/α-hetero) is 1. The Balaban J connectivity index is 3.58. The number of rotatable bonds is 35. The molecule has 0 radical (unpaired) electrons. The molecule has 0 spiro atoms. The van der Waals surface area contributed by atoms with Crippen molar-refractivity contribution >= 4 is 23.6 Å². The van der Waals surface area contributed by atoms with Crippen LogP contribution in [0.2, 0.25) is 0 Å². The first-order chi connectivity index (χ1) is 21.7. The normalized spacial score (nSPS) is 11.7. The maximum atomic E-state index is 12.1. The van der Waals surface area contributed by atoms with Gasteiger partial charge in [0, 0.05) is 25.1 Å². The molecule has 0 saturated heterocycles. The van der Waals surface area contributed by atoms with E-state index >= 15 is 0 Å². The van der Waals surface area contributed by atoms with Crippen LogP contribution in [0.4, 0.5) is 0 Å². The fourth-order valence-electron chi connectivity index (χ4n) is 5.08. The third-order valence-corrected chi connectivity index (χ3v) is 7.70. The third-order valence-electron chi connectivity index (χ3n) is 7.70. The molecule has 4 N–H and O–H groups in total. The molecular weight excluding hydrogens is 576 g/mol. The molecular formula is C35H64N2O8. The van der Waals surface area contributed by atoms with E-state index in [2.05, 4.69) is 17.2 Å². The molecule has 262 valence electrons. The molecule has 0 saturated carbocycles. The number of ketones is 1. The van der Waals surface area contributed by atoms with Gasteiger partial charge < -0.3 is 30.3 Å². The molecule has 10 heteroatoms. The SMILES string of the molecule is C=C(CCCCCCCCCCCCCCCCCCCCC(=O)O)NC(CCC(=O)NCCOCCOCC(C)=O)C(=O)O. The van der Waals surface area contributed by atoms with Crippen LogP contribution in [0.5, 0.6) is 0 Å². The number of hydrogen-bond acceptors (Lipinski definition) is 7. The number of carboxylic acid groups (broad SMARTS) is 2. The van der Waals surface area contributed by atoms with E-state index in [1.54, 1.807) is 0 Å². The summed E-state index contributed by atoms with van der Waals surface area (Å²) in [5.41, 5.74) is 0.705. The maximum absolute atomic E-state index is 12.1. The number of allylic oxidation sites excluding steroid dienone is 1. The van der Waals surface area contributed by atoms with Crippen LogP contribution in [0.25, 0.3) is 0 Å². The summed E-state index contributed by atoms with van der Waals surface area (Å²) in [6.45, 7) is 6.80. The molecule has 0 aliphatic carbocycles. The van der Waals surface area contributed by atoms with Crippen molar-refractivity contribution in [2.24, 2.45) is 0 Å². The van der Waals surface area contributed by atoms with Crippen molar-refractivity contribution in [3.63, 3.8) is 0 Å². The molecule has 0 fully saturated rings. The van der Waals surface area contributed by atoms with E-state index in [1.807, 2.05) is 0 Å². The highest BCUT2D eigenvalue weighted by molar-refractivity contribution is 5.78. The molecule has 0 rings (SSSR count). The van der Waals surface area contributed by atoms with Gasteiger partial charge in [-0.2, -0.15) is 0 Å². The molecule has 0 bridgehead atoms. The Morgan fingerprint density at radius 3 is 1.51 bits per heavy atom. The average Bonchev–Trinajstić information content (AvgIpc) is 2.99. The van der Waals surface area contributed by atoms with Crippen molar-refractivity contribution in [1.29, 1.82) is 0 Å².